The number of likely N-dealkylation sites (tertiary alicyclic amines) is 1. The number of hydrogen-bond acceptors (Lipinski definition) is 4. The Bertz CT molecular complexity index is 1400. The highest BCUT2D eigenvalue weighted by molar-refractivity contribution is 6.16. The maximum absolute atomic E-state index is 14.3. The summed E-state index contributed by atoms with van der Waals surface area (Å²) in [5.74, 6) is -2.15. The second kappa shape index (κ2) is 8.82. The van der Waals surface area contributed by atoms with E-state index in [9.17, 15) is 14.4 Å². The first-order chi connectivity index (χ1) is 17.9. The summed E-state index contributed by atoms with van der Waals surface area (Å²) in [5, 5.41) is 3.58. The third kappa shape index (κ3) is 3.55. The predicted octanol–water partition coefficient (Wildman–Crippen LogP) is 3.82. The van der Waals surface area contributed by atoms with Crippen LogP contribution in [0.3, 0.4) is 0 Å². The number of anilines is 1. The minimum atomic E-state index is -1.30. The summed E-state index contributed by atoms with van der Waals surface area (Å²) in [7, 11) is 0. The smallest absolute Gasteiger partial charge is 0.253 e. The summed E-state index contributed by atoms with van der Waals surface area (Å²) < 4.78 is 0. The number of rotatable bonds is 6. The minimum absolute atomic E-state index is 0.190. The van der Waals surface area contributed by atoms with Crippen molar-refractivity contribution in [2.45, 2.75) is 31.5 Å². The number of benzene rings is 3. The summed E-state index contributed by atoms with van der Waals surface area (Å²) in [4.78, 5) is 45.5. The van der Waals surface area contributed by atoms with Crippen LogP contribution in [0.25, 0.3) is 0 Å². The Balaban J connectivity index is 1.47. The number of nitrogens with one attached hydrogen (secondary N) is 1. The Hall–Kier alpha value is -4.03. The minimum Gasteiger partial charge on any atom is -0.306 e. The number of imide groups is 1. The number of carbonyl (C=O) groups excluding carboxylic acids is 3. The normalized spacial score (nSPS) is 26.2. The maximum Gasteiger partial charge on any atom is 0.253 e. The van der Waals surface area contributed by atoms with Gasteiger partial charge in [-0.2, -0.15) is 0 Å². The zero-order valence-electron chi connectivity index (χ0n) is 20.8. The molecule has 6 rings (SSSR count). The Morgan fingerprint density at radius 1 is 0.838 bits per heavy atom. The molecule has 1 spiro atoms. The average Bonchev–Trinajstić information content (AvgIpc) is 3.45. The quantitative estimate of drug-likeness (QED) is 0.421. The Morgan fingerprint density at radius 2 is 1.46 bits per heavy atom. The second-order valence-corrected chi connectivity index (χ2v) is 10.4. The van der Waals surface area contributed by atoms with Crippen LogP contribution in [0.4, 0.5) is 5.69 Å². The van der Waals surface area contributed by atoms with Gasteiger partial charge in [0.05, 0.1) is 18.4 Å². The largest absolute Gasteiger partial charge is 0.306 e. The highest BCUT2D eigenvalue weighted by atomic mass is 16.2. The first kappa shape index (κ1) is 23.4. The van der Waals surface area contributed by atoms with Gasteiger partial charge in [0.1, 0.15) is 5.54 Å². The average molecular weight is 492 g/mol. The van der Waals surface area contributed by atoms with Crippen LogP contribution in [0.2, 0.25) is 0 Å². The van der Waals surface area contributed by atoms with Gasteiger partial charge in [-0.25, -0.2) is 0 Å². The van der Waals surface area contributed by atoms with Crippen molar-refractivity contribution < 1.29 is 14.4 Å². The molecule has 3 aromatic rings. The van der Waals surface area contributed by atoms with E-state index >= 15 is 0 Å². The van der Waals surface area contributed by atoms with Gasteiger partial charge in [-0.1, -0.05) is 91.0 Å². The fourth-order valence-corrected chi connectivity index (χ4v) is 6.40. The highest BCUT2D eigenvalue weighted by Crippen LogP contribution is 2.55. The first-order valence-electron chi connectivity index (χ1n) is 12.7. The molecule has 6 heteroatoms. The third-order valence-electron chi connectivity index (χ3n) is 7.87. The van der Waals surface area contributed by atoms with Gasteiger partial charge in [0.25, 0.3) is 5.91 Å². The summed E-state index contributed by atoms with van der Waals surface area (Å²) in [6.07, 6.45) is 0.540. The molecule has 186 valence electrons. The van der Waals surface area contributed by atoms with Crippen molar-refractivity contribution in [1.29, 1.82) is 0 Å². The van der Waals surface area contributed by atoms with E-state index in [1.165, 1.54) is 4.90 Å². The van der Waals surface area contributed by atoms with Crippen LogP contribution in [-0.4, -0.2) is 35.2 Å². The second-order valence-electron chi connectivity index (χ2n) is 10.4. The van der Waals surface area contributed by atoms with Gasteiger partial charge in [-0.05, 0) is 30.5 Å². The SMILES string of the molecule is C=C(C)CN1C(=O)[C@]2(N[C@H](Cc3ccccc3)[C@@H]3C(=O)N(Cc4ccccc4)C(=O)[C@@H]32)c2ccccc21. The van der Waals surface area contributed by atoms with Crippen LogP contribution < -0.4 is 10.2 Å². The molecule has 1 N–H and O–H groups in total. The van der Waals surface area contributed by atoms with Crippen molar-refractivity contribution in [3.05, 3.63) is 114 Å². The van der Waals surface area contributed by atoms with E-state index in [0.717, 1.165) is 28.0 Å². The van der Waals surface area contributed by atoms with Gasteiger partial charge < -0.3 is 4.90 Å². The predicted molar refractivity (Wildman–Crippen MR) is 141 cm³/mol. The number of nitrogens with zero attached hydrogens (tertiary/aromatic N) is 2. The molecule has 37 heavy (non-hydrogen) atoms. The van der Waals surface area contributed by atoms with Crippen LogP contribution in [0, 0.1) is 11.8 Å². The van der Waals surface area contributed by atoms with Crippen LogP contribution in [-0.2, 0) is 32.9 Å². The van der Waals surface area contributed by atoms with Crippen molar-refractivity contribution in [3.8, 4) is 0 Å². The number of para-hydroxylation sites is 1. The van der Waals surface area contributed by atoms with Crippen molar-refractivity contribution in [2.24, 2.45) is 11.8 Å². The molecule has 0 bridgehead atoms. The van der Waals surface area contributed by atoms with Crippen LogP contribution in [0.1, 0.15) is 23.6 Å². The van der Waals surface area contributed by atoms with Crippen LogP contribution >= 0.6 is 0 Å². The molecule has 0 aliphatic carbocycles. The van der Waals surface area contributed by atoms with Crippen molar-refractivity contribution >= 4 is 23.4 Å². The molecule has 2 saturated heterocycles. The monoisotopic (exact) mass is 491 g/mol. The lowest BCUT2D eigenvalue weighted by molar-refractivity contribution is -0.143. The summed E-state index contributed by atoms with van der Waals surface area (Å²) in [6.45, 7) is 6.46. The lowest BCUT2D eigenvalue weighted by Crippen LogP contribution is -2.55. The lowest BCUT2D eigenvalue weighted by atomic mass is 9.76. The molecule has 2 fully saturated rings. The molecule has 6 nitrogen and oxygen atoms in total. The summed E-state index contributed by atoms with van der Waals surface area (Å²) in [5.41, 5.74) is 3.00. The fraction of sp³-hybridized carbons (Fsp3) is 0.258. The molecule has 3 aliphatic heterocycles. The Morgan fingerprint density at radius 3 is 2.14 bits per heavy atom. The number of hydrogen-bond donors (Lipinski definition) is 1. The van der Waals surface area contributed by atoms with Crippen molar-refractivity contribution in [3.63, 3.8) is 0 Å². The Labute approximate surface area is 216 Å². The molecule has 0 radical (unpaired) electrons. The summed E-state index contributed by atoms with van der Waals surface area (Å²) in [6, 6.07) is 26.7. The zero-order chi connectivity index (χ0) is 25.7. The highest BCUT2D eigenvalue weighted by Gasteiger charge is 2.71. The van der Waals surface area contributed by atoms with Gasteiger partial charge in [-0.3, -0.25) is 24.6 Å². The standard InChI is InChI=1S/C31H29N3O3/c1-20(2)18-33-25-16-10-9-15-23(25)31(30(33)37)27-26(24(32-31)17-21-11-5-3-6-12-21)28(35)34(29(27)36)19-22-13-7-4-8-14-22/h3-16,24,26-27,32H,1,17-19H2,2H3/t24-,26+,27-,31+/m1/s1. The van der Waals surface area contributed by atoms with E-state index in [0.29, 0.717) is 13.0 Å². The third-order valence-corrected chi connectivity index (χ3v) is 7.87. The molecule has 0 saturated carbocycles. The van der Waals surface area contributed by atoms with E-state index in [-0.39, 0.29) is 30.3 Å². The van der Waals surface area contributed by atoms with Gasteiger partial charge in [0, 0.05) is 23.8 Å². The molecule has 3 heterocycles. The molecule has 3 aliphatic rings. The van der Waals surface area contributed by atoms with Crippen LogP contribution in [0.5, 0.6) is 0 Å². The molecule has 3 aromatic carbocycles. The van der Waals surface area contributed by atoms with E-state index in [2.05, 4.69) is 11.9 Å². The number of fused-ring (bicyclic) bond motifs is 4. The molecular formula is C31H29N3O3. The maximum atomic E-state index is 14.3. The molecule has 4 atom stereocenters. The van der Waals surface area contributed by atoms with E-state index in [4.69, 9.17) is 0 Å². The van der Waals surface area contributed by atoms with E-state index in [1.54, 1.807) is 4.90 Å². The van der Waals surface area contributed by atoms with Gasteiger partial charge in [0.15, 0.2) is 0 Å². The molecule has 0 unspecified atom stereocenters. The van der Waals surface area contributed by atoms with Crippen molar-refractivity contribution in [1.82, 2.24) is 10.2 Å². The van der Waals surface area contributed by atoms with Crippen molar-refractivity contribution in [2.75, 3.05) is 11.4 Å². The van der Waals surface area contributed by atoms with E-state index in [1.807, 2.05) is 91.9 Å². The van der Waals surface area contributed by atoms with Crippen LogP contribution in [0.15, 0.2) is 97.1 Å². The molecule has 0 aromatic heterocycles. The molecular weight excluding hydrogens is 462 g/mol. The fourth-order valence-electron chi connectivity index (χ4n) is 6.40. The Kier molecular flexibility index (Phi) is 5.57. The number of carbonyl (C=O) groups is 3. The lowest BCUT2D eigenvalue weighted by Gasteiger charge is -2.31. The summed E-state index contributed by atoms with van der Waals surface area (Å²) >= 11 is 0. The first-order valence-corrected chi connectivity index (χ1v) is 12.7. The van der Waals surface area contributed by atoms with Gasteiger partial charge in [0.2, 0.25) is 11.8 Å². The van der Waals surface area contributed by atoms with E-state index < -0.39 is 17.4 Å². The zero-order valence-corrected chi connectivity index (χ0v) is 20.8. The molecule has 3 amide bonds. The number of amides is 3. The van der Waals surface area contributed by atoms with Gasteiger partial charge in [-0.15, -0.1) is 0 Å². The van der Waals surface area contributed by atoms with Gasteiger partial charge >= 0.3 is 0 Å². The topological polar surface area (TPSA) is 69.7 Å².